The van der Waals surface area contributed by atoms with Gasteiger partial charge in [-0.1, -0.05) is 115 Å². The number of fused-ring (bicyclic) bond motifs is 15. The normalized spacial score (nSPS) is 13.2. The molecule has 0 fully saturated rings. The molecule has 0 bridgehead atoms. The molecule has 5 heteroatoms. The monoisotopic (exact) mass is 724 g/mol. The van der Waals surface area contributed by atoms with Gasteiger partial charge in [0.05, 0.1) is 0 Å². The number of para-hydroxylation sites is 3. The summed E-state index contributed by atoms with van der Waals surface area (Å²) < 4.78 is 15.7. The fraction of sp³-hybridized carbons (Fsp3) is 0. The van der Waals surface area contributed by atoms with E-state index in [4.69, 9.17) is 8.83 Å². The van der Waals surface area contributed by atoms with Crippen molar-refractivity contribution in [3.63, 3.8) is 0 Å². The van der Waals surface area contributed by atoms with E-state index in [9.17, 15) is 0 Å². The molecular formula is C52H29BN2O2. The van der Waals surface area contributed by atoms with E-state index in [2.05, 4.69) is 179 Å². The molecule has 0 saturated heterocycles. The van der Waals surface area contributed by atoms with E-state index in [-0.39, 0.29) is 6.85 Å². The second-order valence-corrected chi connectivity index (χ2v) is 15.6. The lowest BCUT2D eigenvalue weighted by Crippen LogP contribution is -2.56. The Labute approximate surface area is 326 Å². The van der Waals surface area contributed by atoms with Gasteiger partial charge in [-0.3, -0.25) is 0 Å². The van der Waals surface area contributed by atoms with Crippen molar-refractivity contribution in [1.29, 1.82) is 0 Å². The lowest BCUT2D eigenvalue weighted by atomic mass is 9.45. The quantitative estimate of drug-likeness (QED) is 0.167. The van der Waals surface area contributed by atoms with Gasteiger partial charge in [0.15, 0.2) is 0 Å². The summed E-state index contributed by atoms with van der Waals surface area (Å²) in [6, 6.07) is 64.2. The molecule has 0 amide bonds. The van der Waals surface area contributed by atoms with Crippen LogP contribution in [-0.4, -0.2) is 11.3 Å². The SMILES string of the molecule is c1ccc(-c2cc3c4c(c2)N(c2ccc5oc6ccccc6c5c2)c2cc5c(cc2B4n2c4ccc6ccccc6c4c4cccc-3c42)oc2ccccc25)cc1. The minimum absolute atomic E-state index is 0.113. The van der Waals surface area contributed by atoms with E-state index in [1.807, 2.05) is 6.07 Å². The molecule has 262 valence electrons. The third kappa shape index (κ3) is 3.83. The summed E-state index contributed by atoms with van der Waals surface area (Å²) in [5.74, 6) is 0. The molecule has 0 aliphatic carbocycles. The summed E-state index contributed by atoms with van der Waals surface area (Å²) in [7, 11) is 0. The first-order valence-corrected chi connectivity index (χ1v) is 19.6. The summed E-state index contributed by atoms with van der Waals surface area (Å²) in [6.45, 7) is -0.113. The summed E-state index contributed by atoms with van der Waals surface area (Å²) in [5.41, 5.74) is 16.9. The molecule has 0 N–H and O–H groups in total. The minimum atomic E-state index is -0.113. The summed E-state index contributed by atoms with van der Waals surface area (Å²) >= 11 is 0. The third-order valence-corrected chi connectivity index (χ3v) is 12.7. The number of furan rings is 2. The lowest BCUT2D eigenvalue weighted by molar-refractivity contribution is 0.669. The molecule has 2 aliphatic heterocycles. The Hall–Kier alpha value is -7.50. The van der Waals surface area contributed by atoms with Crippen molar-refractivity contribution >= 4 is 111 Å². The topological polar surface area (TPSA) is 34.5 Å². The molecule has 0 atom stereocenters. The molecule has 0 radical (unpaired) electrons. The fourth-order valence-corrected chi connectivity index (χ4v) is 10.4. The van der Waals surface area contributed by atoms with E-state index >= 15 is 0 Å². The number of rotatable bonds is 2. The van der Waals surface area contributed by atoms with Gasteiger partial charge in [0.1, 0.15) is 22.3 Å². The van der Waals surface area contributed by atoms with E-state index in [0.717, 1.165) is 55.3 Å². The van der Waals surface area contributed by atoms with Gasteiger partial charge >= 0.3 is 6.85 Å². The van der Waals surface area contributed by atoms with Gasteiger partial charge in [-0.15, -0.1) is 0 Å². The number of nitrogens with zero attached hydrogens (tertiary/aromatic N) is 2. The van der Waals surface area contributed by atoms with E-state index in [0.29, 0.717) is 0 Å². The number of hydrogen-bond acceptors (Lipinski definition) is 3. The highest BCUT2D eigenvalue weighted by Gasteiger charge is 2.43. The van der Waals surface area contributed by atoms with Crippen molar-refractivity contribution in [2.75, 3.05) is 4.90 Å². The van der Waals surface area contributed by atoms with Crippen molar-refractivity contribution in [3.8, 4) is 22.3 Å². The van der Waals surface area contributed by atoms with Gasteiger partial charge in [-0.2, -0.15) is 0 Å². The Kier molecular flexibility index (Phi) is 5.56. The second-order valence-electron chi connectivity index (χ2n) is 15.6. The Morgan fingerprint density at radius 3 is 1.96 bits per heavy atom. The molecule has 0 saturated carbocycles. The smallest absolute Gasteiger partial charge is 0.333 e. The van der Waals surface area contributed by atoms with Gasteiger partial charge in [0.2, 0.25) is 0 Å². The van der Waals surface area contributed by atoms with E-state index in [1.165, 1.54) is 71.4 Å². The Morgan fingerprint density at radius 2 is 1.12 bits per heavy atom. The third-order valence-electron chi connectivity index (χ3n) is 12.7. The first kappa shape index (κ1) is 29.8. The molecule has 0 spiro atoms. The number of hydrogen-bond donors (Lipinski definition) is 0. The molecule has 9 aromatic carbocycles. The standard InChI is InChI=1S/C52H29BN2O2/c1-2-11-30(12-3-1)32-25-41-37-17-10-18-38-50-34-14-5-4-13-31(34)21-23-43(50)55(52(37)38)53-42-29-49-40(36-16-7-9-20-47(36)57-49)28-44(42)54(45(26-32)51(41)53)33-22-24-48-39(27-33)35-15-6-8-19-46(35)56-48/h1-29H. The minimum Gasteiger partial charge on any atom is -0.456 e. The molecule has 12 aromatic rings. The number of anilines is 3. The molecular weight excluding hydrogens is 695 g/mol. The summed E-state index contributed by atoms with van der Waals surface area (Å²) in [6.07, 6.45) is 0. The highest BCUT2D eigenvalue weighted by molar-refractivity contribution is 6.90. The zero-order valence-electron chi connectivity index (χ0n) is 30.5. The predicted octanol–water partition coefficient (Wildman–Crippen LogP) is 12.8. The highest BCUT2D eigenvalue weighted by atomic mass is 16.3. The van der Waals surface area contributed by atoms with Crippen LogP contribution in [0.4, 0.5) is 17.1 Å². The molecule has 5 heterocycles. The maximum absolute atomic E-state index is 6.69. The average Bonchev–Trinajstić information content (AvgIpc) is 3.94. The van der Waals surface area contributed by atoms with Gasteiger partial charge in [0, 0.05) is 66.0 Å². The second kappa shape index (κ2) is 10.6. The van der Waals surface area contributed by atoms with Crippen LogP contribution in [0.2, 0.25) is 0 Å². The largest absolute Gasteiger partial charge is 0.456 e. The molecule has 3 aromatic heterocycles. The van der Waals surface area contributed by atoms with Crippen LogP contribution in [0.25, 0.3) is 98.7 Å². The molecule has 57 heavy (non-hydrogen) atoms. The summed E-state index contributed by atoms with van der Waals surface area (Å²) in [5, 5.41) is 9.55. The van der Waals surface area contributed by atoms with Crippen LogP contribution in [0, 0.1) is 0 Å². The van der Waals surface area contributed by atoms with Crippen LogP contribution >= 0.6 is 0 Å². The van der Waals surface area contributed by atoms with Crippen LogP contribution in [-0.2, 0) is 0 Å². The number of benzene rings is 9. The zero-order valence-corrected chi connectivity index (χ0v) is 30.5. The van der Waals surface area contributed by atoms with E-state index in [1.54, 1.807) is 0 Å². The van der Waals surface area contributed by atoms with Crippen molar-refractivity contribution in [2.24, 2.45) is 0 Å². The predicted molar refractivity (Wildman–Crippen MR) is 237 cm³/mol. The van der Waals surface area contributed by atoms with E-state index < -0.39 is 0 Å². The van der Waals surface area contributed by atoms with Crippen molar-refractivity contribution < 1.29 is 8.83 Å². The van der Waals surface area contributed by atoms with Crippen LogP contribution in [0.1, 0.15) is 0 Å². The molecule has 4 nitrogen and oxygen atoms in total. The Morgan fingerprint density at radius 1 is 0.421 bits per heavy atom. The maximum atomic E-state index is 6.69. The first-order valence-electron chi connectivity index (χ1n) is 19.6. The Bertz CT molecular complexity index is 3720. The van der Waals surface area contributed by atoms with Gasteiger partial charge in [-0.05, 0) is 99.1 Å². The zero-order chi connectivity index (χ0) is 36.9. The molecule has 0 unspecified atom stereocenters. The maximum Gasteiger partial charge on any atom is 0.333 e. The van der Waals surface area contributed by atoms with Gasteiger partial charge < -0.3 is 18.2 Å². The molecule has 2 aliphatic rings. The number of aromatic nitrogens is 1. The Balaban J connectivity index is 1.18. The average molecular weight is 725 g/mol. The van der Waals surface area contributed by atoms with Crippen LogP contribution in [0.3, 0.4) is 0 Å². The first-order chi connectivity index (χ1) is 28.3. The highest BCUT2D eigenvalue weighted by Crippen LogP contribution is 2.49. The van der Waals surface area contributed by atoms with Crippen molar-refractivity contribution in [3.05, 3.63) is 176 Å². The molecule has 14 rings (SSSR count). The van der Waals surface area contributed by atoms with Crippen LogP contribution in [0.15, 0.2) is 185 Å². The van der Waals surface area contributed by atoms with Crippen molar-refractivity contribution in [2.45, 2.75) is 0 Å². The van der Waals surface area contributed by atoms with Crippen LogP contribution < -0.4 is 15.8 Å². The van der Waals surface area contributed by atoms with Crippen LogP contribution in [0.5, 0.6) is 0 Å². The van der Waals surface area contributed by atoms with Gasteiger partial charge in [0.25, 0.3) is 0 Å². The lowest BCUT2D eigenvalue weighted by Gasteiger charge is -2.41. The fourth-order valence-electron chi connectivity index (χ4n) is 10.4. The van der Waals surface area contributed by atoms with Crippen molar-refractivity contribution in [1.82, 2.24) is 4.48 Å². The summed E-state index contributed by atoms with van der Waals surface area (Å²) in [4.78, 5) is 2.51. The van der Waals surface area contributed by atoms with Gasteiger partial charge in [-0.25, -0.2) is 0 Å².